The fourth-order valence-electron chi connectivity index (χ4n) is 1.77. The van der Waals surface area contributed by atoms with Crippen LogP contribution in [-0.4, -0.2) is 5.54 Å². The fraction of sp³-hybridized carbons (Fsp3) is 0.800. The van der Waals surface area contributed by atoms with E-state index in [-0.39, 0.29) is 5.54 Å². The van der Waals surface area contributed by atoms with Gasteiger partial charge in [-0.1, -0.05) is 32.9 Å². The van der Waals surface area contributed by atoms with Crippen molar-refractivity contribution in [3.8, 4) is 0 Å². The van der Waals surface area contributed by atoms with Crippen LogP contribution in [0.2, 0.25) is 0 Å². The molecule has 0 bridgehead atoms. The Morgan fingerprint density at radius 3 is 2.09 bits per heavy atom. The first kappa shape index (κ1) is 8.79. The maximum Gasteiger partial charge on any atom is 0.0346 e. The Labute approximate surface area is 69.7 Å². The summed E-state index contributed by atoms with van der Waals surface area (Å²) in [5.41, 5.74) is 7.44. The van der Waals surface area contributed by atoms with Crippen LogP contribution in [0.3, 0.4) is 0 Å². The fourth-order valence-corrected chi connectivity index (χ4v) is 1.77. The number of nitrogens with two attached hydrogens (primary N) is 1. The van der Waals surface area contributed by atoms with Crippen molar-refractivity contribution >= 4 is 0 Å². The smallest absolute Gasteiger partial charge is 0.0346 e. The quantitative estimate of drug-likeness (QED) is 0.531. The molecule has 0 amide bonds. The lowest BCUT2D eigenvalue weighted by atomic mass is 9.57. The highest BCUT2D eigenvalue weighted by molar-refractivity contribution is 5.29. The second-order valence-corrected chi connectivity index (χ2v) is 5.07. The van der Waals surface area contributed by atoms with Gasteiger partial charge in [-0.25, -0.2) is 0 Å². The van der Waals surface area contributed by atoms with Gasteiger partial charge in [-0.2, -0.15) is 0 Å². The Balaban J connectivity index is 2.67. The standard InChI is InChI=1S/C10H19N/c1-7-8(9(2,3)4)6-10(7,5)11/h8H,1,6,11H2,2-5H3/t8-,10?/m1/s1. The Hall–Kier alpha value is -0.300. The number of rotatable bonds is 0. The first-order valence-corrected chi connectivity index (χ1v) is 4.23. The summed E-state index contributed by atoms with van der Waals surface area (Å²) < 4.78 is 0. The molecule has 11 heavy (non-hydrogen) atoms. The average Bonchev–Trinajstić information content (AvgIpc) is 1.80. The van der Waals surface area contributed by atoms with E-state index in [0.717, 1.165) is 6.42 Å². The molecule has 1 fully saturated rings. The zero-order valence-electron chi connectivity index (χ0n) is 8.07. The zero-order valence-corrected chi connectivity index (χ0v) is 8.07. The first-order chi connectivity index (χ1) is 4.75. The molecule has 2 N–H and O–H groups in total. The highest BCUT2D eigenvalue weighted by Crippen LogP contribution is 2.49. The largest absolute Gasteiger partial charge is 0.322 e. The van der Waals surface area contributed by atoms with E-state index in [1.807, 2.05) is 0 Å². The maximum absolute atomic E-state index is 5.95. The SMILES string of the molecule is C=C1[C@H](C(C)(C)C)CC1(C)N. The molecular formula is C10H19N. The number of hydrogen-bond donors (Lipinski definition) is 1. The summed E-state index contributed by atoms with van der Waals surface area (Å²) in [5.74, 6) is 0.623. The van der Waals surface area contributed by atoms with Gasteiger partial charge in [0.1, 0.15) is 0 Å². The summed E-state index contributed by atoms with van der Waals surface area (Å²) >= 11 is 0. The van der Waals surface area contributed by atoms with Crippen LogP contribution >= 0.6 is 0 Å². The second kappa shape index (κ2) is 2.10. The molecule has 0 spiro atoms. The van der Waals surface area contributed by atoms with Crippen LogP contribution in [0.25, 0.3) is 0 Å². The second-order valence-electron chi connectivity index (χ2n) is 5.07. The van der Waals surface area contributed by atoms with Gasteiger partial charge in [0.25, 0.3) is 0 Å². The van der Waals surface area contributed by atoms with Crippen LogP contribution in [0.1, 0.15) is 34.1 Å². The highest BCUT2D eigenvalue weighted by atomic mass is 14.8. The third kappa shape index (κ3) is 1.34. The third-order valence-corrected chi connectivity index (χ3v) is 2.83. The van der Waals surface area contributed by atoms with Crippen molar-refractivity contribution in [1.29, 1.82) is 0 Å². The van der Waals surface area contributed by atoms with Crippen molar-refractivity contribution in [3.63, 3.8) is 0 Å². The Morgan fingerprint density at radius 2 is 2.00 bits per heavy atom. The van der Waals surface area contributed by atoms with E-state index < -0.39 is 0 Å². The van der Waals surface area contributed by atoms with Gasteiger partial charge in [0.05, 0.1) is 0 Å². The monoisotopic (exact) mass is 153 g/mol. The molecular weight excluding hydrogens is 134 g/mol. The minimum absolute atomic E-state index is 0.0854. The zero-order chi connectivity index (χ0) is 8.86. The highest BCUT2D eigenvalue weighted by Gasteiger charge is 2.46. The van der Waals surface area contributed by atoms with Gasteiger partial charge >= 0.3 is 0 Å². The first-order valence-electron chi connectivity index (χ1n) is 4.23. The van der Waals surface area contributed by atoms with Crippen molar-refractivity contribution in [1.82, 2.24) is 0 Å². The summed E-state index contributed by atoms with van der Waals surface area (Å²) in [5, 5.41) is 0. The molecule has 1 aliphatic carbocycles. The molecule has 0 aromatic rings. The van der Waals surface area contributed by atoms with E-state index >= 15 is 0 Å². The summed E-state index contributed by atoms with van der Waals surface area (Å²) in [6, 6.07) is 0. The Morgan fingerprint density at radius 1 is 1.55 bits per heavy atom. The molecule has 1 rings (SSSR count). The van der Waals surface area contributed by atoms with Gasteiger partial charge in [0.15, 0.2) is 0 Å². The van der Waals surface area contributed by atoms with Crippen LogP contribution < -0.4 is 5.73 Å². The summed E-state index contributed by atoms with van der Waals surface area (Å²) in [6.07, 6.45) is 1.09. The molecule has 1 unspecified atom stereocenters. The van der Waals surface area contributed by atoms with E-state index in [4.69, 9.17) is 5.73 Å². The van der Waals surface area contributed by atoms with Crippen LogP contribution in [0.4, 0.5) is 0 Å². The molecule has 2 atom stereocenters. The van der Waals surface area contributed by atoms with Crippen LogP contribution in [0, 0.1) is 11.3 Å². The predicted octanol–water partition coefficient (Wildman–Crippen LogP) is 2.33. The molecule has 64 valence electrons. The van der Waals surface area contributed by atoms with Crippen molar-refractivity contribution in [2.45, 2.75) is 39.7 Å². The van der Waals surface area contributed by atoms with Crippen LogP contribution in [-0.2, 0) is 0 Å². The van der Waals surface area contributed by atoms with E-state index in [9.17, 15) is 0 Å². The average molecular weight is 153 g/mol. The van der Waals surface area contributed by atoms with E-state index in [1.165, 1.54) is 5.57 Å². The normalized spacial score (nSPS) is 38.6. The van der Waals surface area contributed by atoms with Gasteiger partial charge in [0.2, 0.25) is 0 Å². The topological polar surface area (TPSA) is 26.0 Å². The minimum Gasteiger partial charge on any atom is -0.322 e. The molecule has 1 saturated carbocycles. The predicted molar refractivity (Wildman–Crippen MR) is 49.3 cm³/mol. The Bertz CT molecular complexity index is 184. The molecule has 0 radical (unpaired) electrons. The van der Waals surface area contributed by atoms with Gasteiger partial charge in [0, 0.05) is 5.54 Å². The number of hydrogen-bond acceptors (Lipinski definition) is 1. The molecule has 1 aliphatic rings. The third-order valence-electron chi connectivity index (χ3n) is 2.83. The molecule has 0 aromatic carbocycles. The van der Waals surface area contributed by atoms with E-state index in [2.05, 4.69) is 34.3 Å². The molecule has 0 saturated heterocycles. The molecule has 1 heteroatoms. The maximum atomic E-state index is 5.95. The van der Waals surface area contributed by atoms with Crippen molar-refractivity contribution in [2.24, 2.45) is 17.1 Å². The molecule has 0 aliphatic heterocycles. The Kier molecular flexibility index (Phi) is 1.68. The van der Waals surface area contributed by atoms with E-state index in [1.54, 1.807) is 0 Å². The van der Waals surface area contributed by atoms with Gasteiger partial charge in [-0.05, 0) is 24.7 Å². The van der Waals surface area contributed by atoms with Crippen LogP contribution in [0.15, 0.2) is 12.2 Å². The molecule has 1 nitrogen and oxygen atoms in total. The van der Waals surface area contributed by atoms with Gasteiger partial charge in [-0.15, -0.1) is 0 Å². The summed E-state index contributed by atoms with van der Waals surface area (Å²) in [7, 11) is 0. The van der Waals surface area contributed by atoms with Crippen LogP contribution in [0.5, 0.6) is 0 Å². The van der Waals surface area contributed by atoms with Crippen molar-refractivity contribution < 1.29 is 0 Å². The van der Waals surface area contributed by atoms with Gasteiger partial charge < -0.3 is 5.73 Å². The van der Waals surface area contributed by atoms with Crippen molar-refractivity contribution in [2.75, 3.05) is 0 Å². The minimum atomic E-state index is -0.0854. The molecule has 0 aromatic heterocycles. The lowest BCUT2D eigenvalue weighted by Crippen LogP contribution is -2.55. The summed E-state index contributed by atoms with van der Waals surface area (Å²) in [4.78, 5) is 0. The lowest BCUT2D eigenvalue weighted by molar-refractivity contribution is 0.147. The lowest BCUT2D eigenvalue weighted by Gasteiger charge is -2.51. The summed E-state index contributed by atoms with van der Waals surface area (Å²) in [6.45, 7) is 12.8. The molecule has 0 heterocycles. The van der Waals surface area contributed by atoms with Crippen molar-refractivity contribution in [3.05, 3.63) is 12.2 Å². The van der Waals surface area contributed by atoms with E-state index in [0.29, 0.717) is 11.3 Å². The van der Waals surface area contributed by atoms with Gasteiger partial charge in [-0.3, -0.25) is 0 Å².